The molecule has 0 saturated carbocycles. The minimum absolute atomic E-state index is 0.197. The lowest BCUT2D eigenvalue weighted by atomic mass is 9.43. The SMILES string of the molecule is CCCCCCCCCCCCCC(C(=O)O)(C(C(=O)O)C1CC(C)(C)N(C)C(C)(C)C1)C(CCCCCCCCCCCCC)(C(=O)O)C(C(=O)O)C1CC(C)(C)N(C)C(C)(C)C1. The summed E-state index contributed by atoms with van der Waals surface area (Å²) in [7, 11) is 4.03. The fraction of sp³-hybridized carbons (Fsp3) is 0.926. The molecule has 0 aromatic rings. The molecule has 2 aliphatic heterocycles. The van der Waals surface area contributed by atoms with Crippen LogP contribution >= 0.6 is 0 Å². The molecule has 2 rings (SSSR count). The molecule has 10 nitrogen and oxygen atoms in total. The second kappa shape index (κ2) is 25.8. The first-order chi connectivity index (χ1) is 29.8. The Morgan fingerprint density at radius 3 is 0.812 bits per heavy atom. The number of rotatable bonds is 33. The molecule has 0 radical (unpaired) electrons. The van der Waals surface area contributed by atoms with E-state index < -0.39 is 80.5 Å². The lowest BCUT2D eigenvalue weighted by Crippen LogP contribution is -2.69. The van der Waals surface area contributed by atoms with Crippen LogP contribution in [0.25, 0.3) is 0 Å². The van der Waals surface area contributed by atoms with E-state index in [4.69, 9.17) is 0 Å². The van der Waals surface area contributed by atoms with Gasteiger partial charge in [0.15, 0.2) is 0 Å². The highest BCUT2D eigenvalue weighted by molar-refractivity contribution is 5.94. The van der Waals surface area contributed by atoms with Gasteiger partial charge in [-0.1, -0.05) is 155 Å². The van der Waals surface area contributed by atoms with Crippen LogP contribution < -0.4 is 0 Å². The van der Waals surface area contributed by atoms with Crippen LogP contribution in [0.2, 0.25) is 0 Å². The first kappa shape index (κ1) is 57.9. The summed E-state index contributed by atoms with van der Waals surface area (Å²) in [6.45, 7) is 20.8. The number of hydrogen-bond donors (Lipinski definition) is 4. The number of carboxylic acids is 4. The summed E-state index contributed by atoms with van der Waals surface area (Å²) in [4.78, 5) is 63.1. The van der Waals surface area contributed by atoms with Crippen molar-refractivity contribution in [3.8, 4) is 0 Å². The number of carboxylic acid groups (broad SMARTS) is 4. The summed E-state index contributed by atoms with van der Waals surface area (Å²) >= 11 is 0. The molecule has 0 aliphatic carbocycles. The van der Waals surface area contributed by atoms with E-state index in [1.165, 1.54) is 64.2 Å². The number of piperidine rings is 2. The predicted molar refractivity (Wildman–Crippen MR) is 262 cm³/mol. The highest BCUT2D eigenvalue weighted by atomic mass is 16.4. The standard InChI is InChI=1S/C54H100N2O8/c1-13-15-17-19-21-23-25-27-29-31-33-35-53(47(61)62,43(45(57)58)41-37-49(3,4)55(11)50(5,6)38-41)54(48(63)64,36-34-32-30-28-26-24-22-20-18-16-14-2)44(46(59)60)42-39-51(7,8)56(12)52(9,10)40-42/h41-44H,13-40H2,1-12H3,(H,57,58)(H,59,60)(H,61,62)(H,63,64). The van der Waals surface area contributed by atoms with Crippen LogP contribution in [0.3, 0.4) is 0 Å². The molecule has 2 heterocycles. The number of hydrogen-bond acceptors (Lipinski definition) is 6. The maximum absolute atomic E-state index is 14.9. The van der Waals surface area contributed by atoms with Crippen LogP contribution in [0, 0.1) is 34.5 Å². The first-order valence-corrected chi connectivity index (χ1v) is 26.2. The molecular weight excluding hydrogens is 805 g/mol. The molecular formula is C54H100N2O8. The van der Waals surface area contributed by atoms with Crippen LogP contribution in [-0.4, -0.2) is 90.4 Å². The van der Waals surface area contributed by atoms with Crippen molar-refractivity contribution in [1.82, 2.24) is 9.80 Å². The highest BCUT2D eigenvalue weighted by Crippen LogP contribution is 2.64. The van der Waals surface area contributed by atoms with Gasteiger partial charge in [-0.3, -0.25) is 29.0 Å². The van der Waals surface area contributed by atoms with Gasteiger partial charge in [-0.15, -0.1) is 0 Å². The number of likely N-dealkylation sites (tertiary alicyclic amines) is 2. The Hall–Kier alpha value is -2.20. The fourth-order valence-corrected chi connectivity index (χ4v) is 13.3. The molecule has 64 heavy (non-hydrogen) atoms. The van der Waals surface area contributed by atoms with Crippen molar-refractivity contribution in [2.24, 2.45) is 34.5 Å². The molecule has 2 aliphatic rings. The fourth-order valence-electron chi connectivity index (χ4n) is 13.3. The predicted octanol–water partition coefficient (Wildman–Crippen LogP) is 13.7. The van der Waals surface area contributed by atoms with Gasteiger partial charge in [0, 0.05) is 22.2 Å². The van der Waals surface area contributed by atoms with Crippen molar-refractivity contribution >= 4 is 23.9 Å². The Balaban J connectivity index is 2.85. The van der Waals surface area contributed by atoms with Crippen LogP contribution in [0.5, 0.6) is 0 Å². The topological polar surface area (TPSA) is 156 Å². The Morgan fingerprint density at radius 1 is 0.422 bits per heavy atom. The molecule has 0 bridgehead atoms. The zero-order chi connectivity index (χ0) is 48.6. The average molecular weight is 905 g/mol. The molecule has 2 saturated heterocycles. The summed E-state index contributed by atoms with van der Waals surface area (Å²) in [5, 5.41) is 47.7. The number of nitrogens with zero attached hydrogens (tertiary/aromatic N) is 2. The van der Waals surface area contributed by atoms with Crippen molar-refractivity contribution < 1.29 is 39.6 Å². The van der Waals surface area contributed by atoms with Crippen molar-refractivity contribution in [2.45, 2.75) is 271 Å². The zero-order valence-corrected chi connectivity index (χ0v) is 43.4. The third-order valence-corrected chi connectivity index (χ3v) is 17.1. The van der Waals surface area contributed by atoms with Crippen LogP contribution in [0.1, 0.15) is 249 Å². The maximum Gasteiger partial charge on any atom is 0.311 e. The summed E-state index contributed by atoms with van der Waals surface area (Å²) in [5.74, 6) is -10.3. The quantitative estimate of drug-likeness (QED) is 0.0468. The smallest absolute Gasteiger partial charge is 0.311 e. The summed E-state index contributed by atoms with van der Waals surface area (Å²) in [6, 6.07) is 0. The highest BCUT2D eigenvalue weighted by Gasteiger charge is 2.73. The van der Waals surface area contributed by atoms with Crippen LogP contribution in [-0.2, 0) is 19.2 Å². The number of aliphatic carboxylic acids is 4. The van der Waals surface area contributed by atoms with E-state index >= 15 is 0 Å². The minimum Gasteiger partial charge on any atom is -0.481 e. The Bertz CT molecular complexity index is 1300. The third-order valence-electron chi connectivity index (χ3n) is 17.1. The molecule has 374 valence electrons. The molecule has 0 aromatic heterocycles. The summed E-state index contributed by atoms with van der Waals surface area (Å²) < 4.78 is 0. The van der Waals surface area contributed by atoms with Crippen LogP contribution in [0.15, 0.2) is 0 Å². The van der Waals surface area contributed by atoms with Gasteiger partial charge in [0.05, 0.1) is 22.7 Å². The van der Waals surface area contributed by atoms with Gasteiger partial charge in [0.25, 0.3) is 0 Å². The minimum atomic E-state index is -2.41. The summed E-state index contributed by atoms with van der Waals surface area (Å²) in [5.41, 5.74) is -6.94. The molecule has 0 amide bonds. The van der Waals surface area contributed by atoms with Crippen molar-refractivity contribution in [3.05, 3.63) is 0 Å². The van der Waals surface area contributed by atoms with Gasteiger partial charge in [0.2, 0.25) is 0 Å². The van der Waals surface area contributed by atoms with E-state index in [9.17, 15) is 39.6 Å². The normalized spacial score (nSPS) is 22.0. The van der Waals surface area contributed by atoms with Gasteiger partial charge in [-0.2, -0.15) is 0 Å². The second-order valence-electron chi connectivity index (χ2n) is 23.5. The van der Waals surface area contributed by atoms with E-state index in [1.54, 1.807) is 0 Å². The summed E-state index contributed by atoms with van der Waals surface area (Å²) in [6.07, 6.45) is 23.1. The Labute approximate surface area is 391 Å². The monoisotopic (exact) mass is 905 g/mol. The van der Waals surface area contributed by atoms with Gasteiger partial charge < -0.3 is 20.4 Å². The van der Waals surface area contributed by atoms with E-state index in [2.05, 4.69) is 23.6 Å². The molecule has 2 fully saturated rings. The molecule has 0 aromatic carbocycles. The van der Waals surface area contributed by atoms with Gasteiger partial charge in [0.1, 0.15) is 0 Å². The largest absolute Gasteiger partial charge is 0.481 e. The van der Waals surface area contributed by atoms with E-state index in [0.29, 0.717) is 51.4 Å². The molecule has 4 N–H and O–H groups in total. The van der Waals surface area contributed by atoms with Crippen molar-refractivity contribution in [3.63, 3.8) is 0 Å². The number of unbranched alkanes of at least 4 members (excludes halogenated alkanes) is 20. The molecule has 4 atom stereocenters. The Kier molecular flexibility index (Phi) is 23.4. The van der Waals surface area contributed by atoms with Gasteiger partial charge >= 0.3 is 23.9 Å². The average Bonchev–Trinajstić information content (AvgIpc) is 3.18. The first-order valence-electron chi connectivity index (χ1n) is 26.2. The lowest BCUT2D eigenvalue weighted by Gasteiger charge is -2.60. The molecule has 0 spiro atoms. The second-order valence-corrected chi connectivity index (χ2v) is 23.5. The van der Waals surface area contributed by atoms with Crippen molar-refractivity contribution in [1.29, 1.82) is 0 Å². The van der Waals surface area contributed by atoms with Gasteiger partial charge in [-0.25, -0.2) is 0 Å². The lowest BCUT2D eigenvalue weighted by molar-refractivity contribution is -0.213. The van der Waals surface area contributed by atoms with Crippen molar-refractivity contribution in [2.75, 3.05) is 14.1 Å². The molecule has 10 heteroatoms. The van der Waals surface area contributed by atoms with E-state index in [-0.39, 0.29) is 12.8 Å². The Morgan fingerprint density at radius 2 is 0.625 bits per heavy atom. The zero-order valence-electron chi connectivity index (χ0n) is 43.4. The van der Waals surface area contributed by atoms with Crippen LogP contribution in [0.4, 0.5) is 0 Å². The van der Waals surface area contributed by atoms with E-state index in [1.807, 2.05) is 69.5 Å². The van der Waals surface area contributed by atoms with Gasteiger partial charge in [-0.05, 0) is 120 Å². The maximum atomic E-state index is 14.9. The number of carbonyl (C=O) groups is 4. The third kappa shape index (κ3) is 14.6. The molecule has 4 unspecified atom stereocenters. The van der Waals surface area contributed by atoms with E-state index in [0.717, 1.165) is 51.4 Å².